The third-order valence-corrected chi connectivity index (χ3v) is 4.79. The molecule has 26 heavy (non-hydrogen) atoms. The van der Waals surface area contributed by atoms with Crippen LogP contribution in [0.25, 0.3) is 5.69 Å². The average molecular weight is 350 g/mol. The number of amidine groups is 1. The first-order valence-corrected chi connectivity index (χ1v) is 8.79. The molecule has 1 saturated carbocycles. The number of aromatic nitrogens is 2. The summed E-state index contributed by atoms with van der Waals surface area (Å²) in [4.78, 5) is 33.0. The molecule has 1 aliphatic carbocycles. The van der Waals surface area contributed by atoms with Crippen LogP contribution in [-0.2, 0) is 4.79 Å². The van der Waals surface area contributed by atoms with E-state index in [0.717, 1.165) is 24.1 Å². The number of nitrogens with zero attached hydrogens (tertiary/aromatic N) is 5. The molecule has 1 aromatic carbocycles. The molecule has 3 heterocycles. The normalized spacial score (nSPS) is 18.5. The summed E-state index contributed by atoms with van der Waals surface area (Å²) < 4.78 is 1.70. The first kappa shape index (κ1) is 15.1. The summed E-state index contributed by atoms with van der Waals surface area (Å²) in [5, 5.41) is 7.43. The lowest BCUT2D eigenvalue weighted by molar-refractivity contribution is -0.119. The highest BCUT2D eigenvalue weighted by molar-refractivity contribution is 6.20. The Labute approximate surface area is 150 Å². The number of benzene rings is 1. The van der Waals surface area contributed by atoms with Crippen LogP contribution >= 0.6 is 0 Å². The molecule has 2 aliphatic heterocycles. The van der Waals surface area contributed by atoms with Gasteiger partial charge in [0.15, 0.2) is 5.82 Å². The lowest BCUT2D eigenvalue weighted by Gasteiger charge is -2.33. The van der Waals surface area contributed by atoms with E-state index in [1.807, 2.05) is 30.3 Å². The van der Waals surface area contributed by atoms with E-state index < -0.39 is 0 Å². The summed E-state index contributed by atoms with van der Waals surface area (Å²) >= 11 is 0. The van der Waals surface area contributed by atoms with Crippen molar-refractivity contribution in [2.75, 3.05) is 24.5 Å². The van der Waals surface area contributed by atoms with Crippen molar-refractivity contribution in [2.45, 2.75) is 18.9 Å². The summed E-state index contributed by atoms with van der Waals surface area (Å²) in [6.07, 6.45) is 3.74. The topological polar surface area (TPSA) is 82.8 Å². The molecule has 0 radical (unpaired) electrons. The number of anilines is 1. The van der Waals surface area contributed by atoms with Gasteiger partial charge in [0.1, 0.15) is 12.4 Å². The zero-order valence-electron chi connectivity index (χ0n) is 14.1. The Morgan fingerprint density at radius 2 is 2.04 bits per heavy atom. The van der Waals surface area contributed by atoms with E-state index >= 15 is 0 Å². The standard InChI is InChI=1S/C18H18N6O2/c25-15(21-12-6-7-12)11-23-17-14(16-19-8-9-22(16)18(23)26)10-20-24(17)13-4-2-1-3-5-13/h1-5,10,12H,6-9,11H2,(H,21,25). The summed E-state index contributed by atoms with van der Waals surface area (Å²) in [7, 11) is 0. The van der Waals surface area contributed by atoms with Gasteiger partial charge in [-0.3, -0.25) is 19.6 Å². The van der Waals surface area contributed by atoms with Crippen molar-refractivity contribution in [1.82, 2.24) is 20.0 Å². The highest BCUT2D eigenvalue weighted by Crippen LogP contribution is 2.32. The van der Waals surface area contributed by atoms with Crippen LogP contribution in [0.5, 0.6) is 0 Å². The third-order valence-electron chi connectivity index (χ3n) is 4.79. The lowest BCUT2D eigenvalue weighted by atomic mass is 10.2. The molecule has 1 fully saturated rings. The zero-order chi connectivity index (χ0) is 17.7. The van der Waals surface area contributed by atoms with E-state index in [9.17, 15) is 9.59 Å². The zero-order valence-corrected chi connectivity index (χ0v) is 14.1. The van der Waals surface area contributed by atoms with E-state index in [4.69, 9.17) is 0 Å². The number of hydrogen-bond donors (Lipinski definition) is 1. The molecule has 0 atom stereocenters. The van der Waals surface area contributed by atoms with Crippen LogP contribution in [-0.4, -0.2) is 58.1 Å². The van der Waals surface area contributed by atoms with Crippen LogP contribution < -0.4 is 10.2 Å². The first-order valence-electron chi connectivity index (χ1n) is 8.79. The van der Waals surface area contributed by atoms with Crippen LogP contribution in [0.15, 0.2) is 41.5 Å². The van der Waals surface area contributed by atoms with E-state index in [0.29, 0.717) is 24.7 Å². The van der Waals surface area contributed by atoms with Crippen LogP contribution in [0.3, 0.4) is 0 Å². The van der Waals surface area contributed by atoms with E-state index in [-0.39, 0.29) is 24.5 Å². The van der Waals surface area contributed by atoms with Crippen molar-refractivity contribution in [3.63, 3.8) is 0 Å². The maximum atomic E-state index is 13.0. The monoisotopic (exact) mass is 350 g/mol. The molecule has 132 valence electrons. The molecule has 0 saturated heterocycles. The molecule has 3 aliphatic rings. The van der Waals surface area contributed by atoms with Gasteiger partial charge in [0.25, 0.3) is 0 Å². The van der Waals surface area contributed by atoms with Gasteiger partial charge in [0, 0.05) is 12.6 Å². The largest absolute Gasteiger partial charge is 0.352 e. The molecule has 8 heteroatoms. The van der Waals surface area contributed by atoms with Crippen LogP contribution in [0, 0.1) is 0 Å². The number of rotatable bonds is 4. The number of fused-ring (bicyclic) bond motifs is 3. The summed E-state index contributed by atoms with van der Waals surface area (Å²) in [5.41, 5.74) is 1.62. The molecule has 1 N–H and O–H groups in total. The van der Waals surface area contributed by atoms with Crippen LogP contribution in [0.1, 0.15) is 18.4 Å². The van der Waals surface area contributed by atoms with Crippen molar-refractivity contribution in [3.05, 3.63) is 42.1 Å². The smallest absolute Gasteiger partial charge is 0.331 e. The van der Waals surface area contributed by atoms with Gasteiger partial charge < -0.3 is 5.32 Å². The number of carbonyl (C=O) groups is 2. The molecular weight excluding hydrogens is 332 g/mol. The molecular formula is C18H18N6O2. The number of para-hydroxylation sites is 1. The first-order chi connectivity index (χ1) is 12.7. The fourth-order valence-electron chi connectivity index (χ4n) is 3.40. The molecule has 3 amide bonds. The van der Waals surface area contributed by atoms with Crippen molar-refractivity contribution < 1.29 is 9.59 Å². The average Bonchev–Trinajstić information content (AvgIpc) is 3.16. The SMILES string of the molecule is O=C(CN1C(=O)N2CCN=C2c2cnn(-c3ccccc3)c21)NC1CC1. The van der Waals surface area contributed by atoms with Gasteiger partial charge in [0.05, 0.1) is 24.0 Å². The van der Waals surface area contributed by atoms with Crippen molar-refractivity contribution in [1.29, 1.82) is 0 Å². The Kier molecular flexibility index (Phi) is 3.31. The van der Waals surface area contributed by atoms with Crippen LogP contribution in [0.4, 0.5) is 10.6 Å². The fraction of sp³-hybridized carbons (Fsp3) is 0.333. The maximum absolute atomic E-state index is 13.0. The minimum atomic E-state index is -0.225. The predicted octanol–water partition coefficient (Wildman–Crippen LogP) is 1.15. The van der Waals surface area contributed by atoms with Gasteiger partial charge in [0.2, 0.25) is 5.91 Å². The Morgan fingerprint density at radius 1 is 1.23 bits per heavy atom. The van der Waals surface area contributed by atoms with E-state index in [1.165, 1.54) is 4.90 Å². The molecule has 0 bridgehead atoms. The summed E-state index contributed by atoms with van der Waals surface area (Å²) in [6.45, 7) is 1.08. The predicted molar refractivity (Wildman–Crippen MR) is 95.6 cm³/mol. The van der Waals surface area contributed by atoms with E-state index in [1.54, 1.807) is 15.8 Å². The number of nitrogens with one attached hydrogen (secondary N) is 1. The van der Waals surface area contributed by atoms with Gasteiger partial charge in [-0.1, -0.05) is 18.2 Å². The summed E-state index contributed by atoms with van der Waals surface area (Å²) in [5.74, 6) is 1.10. The highest BCUT2D eigenvalue weighted by Gasteiger charge is 2.41. The van der Waals surface area contributed by atoms with Crippen molar-refractivity contribution in [3.8, 4) is 5.69 Å². The maximum Gasteiger partial charge on any atom is 0.331 e. The number of amides is 3. The van der Waals surface area contributed by atoms with E-state index in [2.05, 4.69) is 15.4 Å². The molecule has 1 aromatic heterocycles. The minimum absolute atomic E-state index is 0.0232. The second-order valence-electron chi connectivity index (χ2n) is 6.70. The van der Waals surface area contributed by atoms with Gasteiger partial charge in [-0.25, -0.2) is 9.48 Å². The highest BCUT2D eigenvalue weighted by atomic mass is 16.2. The van der Waals surface area contributed by atoms with Crippen molar-refractivity contribution in [2.24, 2.45) is 4.99 Å². The molecule has 5 rings (SSSR count). The second-order valence-corrected chi connectivity index (χ2v) is 6.70. The Bertz CT molecular complexity index is 915. The quantitative estimate of drug-likeness (QED) is 0.898. The number of aliphatic imine (C=N–C) groups is 1. The molecule has 0 spiro atoms. The van der Waals surface area contributed by atoms with Crippen LogP contribution in [0.2, 0.25) is 0 Å². The van der Waals surface area contributed by atoms with Crippen molar-refractivity contribution >= 4 is 23.6 Å². The fourth-order valence-corrected chi connectivity index (χ4v) is 3.40. The Morgan fingerprint density at radius 3 is 2.81 bits per heavy atom. The lowest BCUT2D eigenvalue weighted by Crippen LogP contribution is -2.53. The second kappa shape index (κ2) is 5.69. The van der Waals surface area contributed by atoms with Gasteiger partial charge in [-0.2, -0.15) is 5.10 Å². The number of carbonyl (C=O) groups excluding carboxylic acids is 2. The van der Waals surface area contributed by atoms with Gasteiger partial charge >= 0.3 is 6.03 Å². The minimum Gasteiger partial charge on any atom is -0.352 e. The summed E-state index contributed by atoms with van der Waals surface area (Å²) in [6, 6.07) is 9.62. The van der Waals surface area contributed by atoms with Gasteiger partial charge in [-0.15, -0.1) is 0 Å². The molecule has 8 nitrogen and oxygen atoms in total. The Hall–Kier alpha value is -3.16. The Balaban J connectivity index is 1.58. The third kappa shape index (κ3) is 2.37. The number of urea groups is 1. The number of hydrogen-bond acceptors (Lipinski definition) is 4. The van der Waals surface area contributed by atoms with Gasteiger partial charge in [-0.05, 0) is 25.0 Å². The molecule has 2 aromatic rings. The molecule has 0 unspecified atom stereocenters.